The highest BCUT2D eigenvalue weighted by molar-refractivity contribution is 7.98. The van der Waals surface area contributed by atoms with Crippen molar-refractivity contribution in [2.24, 2.45) is 17.2 Å². The Kier molecular flexibility index (Phi) is 25.2. The molecule has 0 bridgehead atoms. The van der Waals surface area contributed by atoms with Crippen LogP contribution in [0.3, 0.4) is 0 Å². The van der Waals surface area contributed by atoms with E-state index in [9.17, 15) is 68.1 Å². The fraction of sp³-hybridized carbons (Fsp3) is 0.611. The molecule has 0 spiro atoms. The second-order valence-corrected chi connectivity index (χ2v) is 15.1. The lowest BCUT2D eigenvalue weighted by molar-refractivity contribution is -0.143. The molecule has 8 amide bonds. The van der Waals surface area contributed by atoms with Gasteiger partial charge in [-0.2, -0.15) is 11.8 Å². The number of aromatic amines is 1. The van der Waals surface area contributed by atoms with Gasteiger partial charge in [-0.25, -0.2) is 9.78 Å². The summed E-state index contributed by atoms with van der Waals surface area (Å²) < 4.78 is 0. The Morgan fingerprint density at radius 2 is 1.24 bits per heavy atom. The summed E-state index contributed by atoms with van der Waals surface area (Å²) in [5, 5.41) is 44.2. The number of unbranched alkanes of at least 4 members (excludes halogenated alkanes) is 1. The van der Waals surface area contributed by atoms with Gasteiger partial charge < -0.3 is 74.7 Å². The molecule has 0 fully saturated rings. The van der Waals surface area contributed by atoms with Crippen molar-refractivity contribution in [3.05, 3.63) is 18.2 Å². The molecule has 0 aliphatic rings. The molecular formula is C36H58N12O14S. The summed E-state index contributed by atoms with van der Waals surface area (Å²) in [7, 11) is 0. The summed E-state index contributed by atoms with van der Waals surface area (Å²) in [6.07, 6.45) is 2.02. The van der Waals surface area contributed by atoms with Crippen LogP contribution in [0.5, 0.6) is 0 Å². The number of hydrogen-bond acceptors (Lipinski definition) is 15. The normalized spacial score (nSPS) is 14.2. The molecule has 0 unspecified atom stereocenters. The van der Waals surface area contributed by atoms with Crippen molar-refractivity contribution in [3.63, 3.8) is 0 Å². The Hall–Kier alpha value is -6.35. The molecule has 0 aliphatic carbocycles. The van der Waals surface area contributed by atoms with E-state index in [-0.39, 0.29) is 25.1 Å². The predicted molar refractivity (Wildman–Crippen MR) is 222 cm³/mol. The van der Waals surface area contributed by atoms with Crippen molar-refractivity contribution in [2.45, 2.75) is 113 Å². The highest BCUT2D eigenvalue weighted by Crippen LogP contribution is 2.08. The minimum Gasteiger partial charge on any atom is -0.481 e. The molecule has 17 N–H and O–H groups in total. The quantitative estimate of drug-likeness (QED) is 0.0301. The van der Waals surface area contributed by atoms with Crippen molar-refractivity contribution in [1.29, 1.82) is 0 Å². The van der Waals surface area contributed by atoms with E-state index in [1.807, 2.05) is 6.26 Å². The van der Waals surface area contributed by atoms with Gasteiger partial charge in [0.15, 0.2) is 0 Å². The number of carboxylic acids is 3. The molecule has 7 atom stereocenters. The molecule has 0 aromatic carbocycles. The summed E-state index contributed by atoms with van der Waals surface area (Å²) >= 11 is 1.46. The van der Waals surface area contributed by atoms with Crippen molar-refractivity contribution < 1.29 is 68.1 Å². The summed E-state index contributed by atoms with van der Waals surface area (Å²) in [4.78, 5) is 145. The lowest BCUT2D eigenvalue weighted by Crippen LogP contribution is -2.60. The molecular weight excluding hydrogens is 857 g/mol. The van der Waals surface area contributed by atoms with Gasteiger partial charge >= 0.3 is 17.9 Å². The molecule has 63 heavy (non-hydrogen) atoms. The number of H-pyrrole nitrogens is 1. The lowest BCUT2D eigenvalue weighted by Gasteiger charge is -2.26. The summed E-state index contributed by atoms with van der Waals surface area (Å²) in [6.45, 7) is 0.849. The maximum atomic E-state index is 13.8. The molecule has 1 rings (SSSR count). The van der Waals surface area contributed by atoms with Gasteiger partial charge in [0.2, 0.25) is 47.3 Å². The zero-order valence-electron chi connectivity index (χ0n) is 34.8. The van der Waals surface area contributed by atoms with Gasteiger partial charge in [0.1, 0.15) is 36.3 Å². The standard InChI is InChI=1S/C36H58N12O14S/c1-18(43-32(57)21(6-8-28(51)52)44-27(50)16-41-31(56)20(38)10-12-63-2)30(55)47-24(13-19-15-40-17-42-19)34(59)48-25(14-26(39)49)35(60)45-22(7-9-29(53)54)33(58)46-23(36(61)62)5-3-4-11-37/h15,17-18,20-25H,3-14,16,37-38H2,1-2H3,(H2,39,49)(H,40,42)(H,41,56)(H,43,57)(H,44,50)(H,45,60)(H,46,58)(H,47,55)(H,48,59)(H,51,52)(H,53,54)(H,61,62)/t18-,20-,21-,22-,23-,24-,25-/m0/s1. The van der Waals surface area contributed by atoms with Gasteiger partial charge in [0.25, 0.3) is 0 Å². The Bertz CT molecular complexity index is 1750. The Morgan fingerprint density at radius 3 is 1.78 bits per heavy atom. The van der Waals surface area contributed by atoms with E-state index in [4.69, 9.17) is 17.2 Å². The first-order chi connectivity index (χ1) is 29.7. The van der Waals surface area contributed by atoms with Crippen molar-refractivity contribution in [3.8, 4) is 0 Å². The SMILES string of the molecule is CSCC[C@H](N)C(=O)NCC(=O)N[C@@H](CCC(=O)O)C(=O)N[C@@H](C)C(=O)N[C@@H](Cc1cnc[nH]1)C(=O)N[C@@H](CC(N)=O)C(=O)N[C@@H](CCC(=O)O)C(=O)N[C@@H](CCCCN)C(=O)O. The van der Waals surface area contributed by atoms with Crippen LogP contribution in [-0.4, -0.2) is 158 Å². The summed E-state index contributed by atoms with van der Waals surface area (Å²) in [6, 6.07) is -10.4. The second-order valence-electron chi connectivity index (χ2n) is 14.1. The molecule has 1 aromatic rings. The molecule has 0 saturated heterocycles. The molecule has 0 radical (unpaired) electrons. The molecule has 0 aliphatic heterocycles. The highest BCUT2D eigenvalue weighted by atomic mass is 32.2. The van der Waals surface area contributed by atoms with E-state index in [0.717, 1.165) is 0 Å². The molecule has 352 valence electrons. The zero-order valence-corrected chi connectivity index (χ0v) is 35.6. The number of thioether (sulfide) groups is 1. The third-order valence-electron chi connectivity index (χ3n) is 8.94. The van der Waals surface area contributed by atoms with Gasteiger partial charge in [0, 0.05) is 31.2 Å². The van der Waals surface area contributed by atoms with Gasteiger partial charge in [-0.05, 0) is 64.0 Å². The van der Waals surface area contributed by atoms with E-state index in [1.54, 1.807) is 0 Å². The zero-order chi connectivity index (χ0) is 47.6. The van der Waals surface area contributed by atoms with E-state index >= 15 is 0 Å². The first-order valence-corrected chi connectivity index (χ1v) is 21.0. The van der Waals surface area contributed by atoms with Crippen LogP contribution in [0.2, 0.25) is 0 Å². The number of carbonyl (C=O) groups excluding carboxylic acids is 8. The van der Waals surface area contributed by atoms with Crippen LogP contribution in [0.4, 0.5) is 0 Å². The van der Waals surface area contributed by atoms with Crippen LogP contribution in [0.25, 0.3) is 0 Å². The average molecular weight is 915 g/mol. The lowest BCUT2D eigenvalue weighted by atomic mass is 10.1. The minimum absolute atomic E-state index is 0.0402. The molecule has 1 heterocycles. The van der Waals surface area contributed by atoms with Crippen molar-refractivity contribution in [1.82, 2.24) is 47.2 Å². The van der Waals surface area contributed by atoms with Gasteiger partial charge in [0.05, 0.1) is 25.3 Å². The number of nitrogens with one attached hydrogen (secondary N) is 8. The van der Waals surface area contributed by atoms with E-state index < -0.39 is 146 Å². The van der Waals surface area contributed by atoms with Gasteiger partial charge in [-0.3, -0.25) is 47.9 Å². The fourth-order valence-corrected chi connectivity index (χ4v) is 5.96. The van der Waals surface area contributed by atoms with Crippen LogP contribution in [0.1, 0.15) is 70.4 Å². The third kappa shape index (κ3) is 22.4. The third-order valence-corrected chi connectivity index (χ3v) is 9.58. The van der Waals surface area contributed by atoms with Crippen LogP contribution < -0.4 is 54.4 Å². The topological polar surface area (TPSA) is 439 Å². The maximum Gasteiger partial charge on any atom is 0.326 e. The maximum absolute atomic E-state index is 13.8. The van der Waals surface area contributed by atoms with E-state index in [2.05, 4.69) is 47.2 Å². The van der Waals surface area contributed by atoms with E-state index in [1.165, 1.54) is 31.2 Å². The number of aromatic nitrogens is 2. The molecule has 27 heteroatoms. The largest absolute Gasteiger partial charge is 0.481 e. The number of primary amides is 1. The highest BCUT2D eigenvalue weighted by Gasteiger charge is 2.34. The van der Waals surface area contributed by atoms with Crippen LogP contribution in [-0.2, 0) is 59.2 Å². The van der Waals surface area contributed by atoms with Crippen molar-refractivity contribution >= 4 is 76.9 Å². The smallest absolute Gasteiger partial charge is 0.326 e. The molecule has 0 saturated carbocycles. The fourth-order valence-electron chi connectivity index (χ4n) is 5.47. The number of aliphatic carboxylic acids is 3. The number of nitrogens with two attached hydrogens (primary N) is 3. The van der Waals surface area contributed by atoms with Gasteiger partial charge in [-0.1, -0.05) is 0 Å². The summed E-state index contributed by atoms with van der Waals surface area (Å²) in [5.74, 6) is -11.5. The van der Waals surface area contributed by atoms with Crippen LogP contribution in [0, 0.1) is 0 Å². The van der Waals surface area contributed by atoms with E-state index in [0.29, 0.717) is 25.0 Å². The molecule has 26 nitrogen and oxygen atoms in total. The number of carboxylic acid groups (broad SMARTS) is 3. The number of amides is 8. The Morgan fingerprint density at radius 1 is 0.698 bits per heavy atom. The number of nitrogens with zero attached hydrogens (tertiary/aromatic N) is 1. The minimum atomic E-state index is -1.83. The summed E-state index contributed by atoms with van der Waals surface area (Å²) in [5.41, 5.74) is 16.9. The number of imidazole rings is 1. The predicted octanol–water partition coefficient (Wildman–Crippen LogP) is -5.10. The van der Waals surface area contributed by atoms with Crippen LogP contribution >= 0.6 is 11.8 Å². The van der Waals surface area contributed by atoms with Crippen molar-refractivity contribution in [2.75, 3.05) is 25.1 Å². The Balaban J connectivity index is 3.24. The first-order valence-electron chi connectivity index (χ1n) is 19.6. The number of hydrogen-bond donors (Lipinski definition) is 14. The Labute approximate surface area is 365 Å². The monoisotopic (exact) mass is 914 g/mol. The number of rotatable bonds is 32. The second kappa shape index (κ2) is 29.0. The average Bonchev–Trinajstić information content (AvgIpc) is 3.73. The van der Waals surface area contributed by atoms with Gasteiger partial charge in [-0.15, -0.1) is 0 Å². The molecule has 1 aromatic heterocycles. The first kappa shape index (κ1) is 54.7. The van der Waals surface area contributed by atoms with Crippen LogP contribution in [0.15, 0.2) is 12.5 Å². The number of carbonyl (C=O) groups is 11.